The molecular formula is C13H16FN3. The lowest BCUT2D eigenvalue weighted by atomic mass is 10.0. The number of halogens is 1. The minimum absolute atomic E-state index is 0.220. The topological polar surface area (TPSA) is 43.8 Å². The lowest BCUT2D eigenvalue weighted by molar-refractivity contribution is 0.612. The third-order valence-electron chi connectivity index (χ3n) is 2.88. The van der Waals surface area contributed by atoms with E-state index in [9.17, 15) is 4.39 Å². The molecule has 0 aliphatic carbocycles. The van der Waals surface area contributed by atoms with Crippen LogP contribution in [0.5, 0.6) is 0 Å². The number of rotatable bonds is 2. The van der Waals surface area contributed by atoms with Crippen molar-refractivity contribution < 1.29 is 4.39 Å². The molecule has 17 heavy (non-hydrogen) atoms. The third-order valence-corrected chi connectivity index (χ3v) is 2.88. The summed E-state index contributed by atoms with van der Waals surface area (Å²) in [7, 11) is 0. The highest BCUT2D eigenvalue weighted by atomic mass is 19.1. The molecule has 1 heterocycles. The third kappa shape index (κ3) is 2.08. The molecule has 0 aliphatic heterocycles. The van der Waals surface area contributed by atoms with E-state index in [-0.39, 0.29) is 11.9 Å². The summed E-state index contributed by atoms with van der Waals surface area (Å²) < 4.78 is 15.5. The standard InChI is InChI=1S/C13H16FN3/c1-8-6-13(17-5-4-16-10(17)3)11(9(2)15)7-12(8)14/h4-7,9H,15H2,1-3H3/t9-/m1/s1. The van der Waals surface area contributed by atoms with Crippen LogP contribution < -0.4 is 5.73 Å². The number of imidazole rings is 1. The van der Waals surface area contributed by atoms with Gasteiger partial charge >= 0.3 is 0 Å². The van der Waals surface area contributed by atoms with Gasteiger partial charge in [-0.05, 0) is 44.0 Å². The molecule has 2 aromatic rings. The summed E-state index contributed by atoms with van der Waals surface area (Å²) in [5.41, 5.74) is 8.18. The fourth-order valence-corrected chi connectivity index (χ4v) is 1.89. The van der Waals surface area contributed by atoms with Gasteiger partial charge < -0.3 is 10.3 Å². The summed E-state index contributed by atoms with van der Waals surface area (Å²) in [6.45, 7) is 5.50. The van der Waals surface area contributed by atoms with Crippen LogP contribution in [-0.2, 0) is 0 Å². The Bertz CT molecular complexity index is 544. The van der Waals surface area contributed by atoms with Crippen molar-refractivity contribution in [2.45, 2.75) is 26.8 Å². The zero-order chi connectivity index (χ0) is 12.6. The van der Waals surface area contributed by atoms with Crippen molar-refractivity contribution in [2.75, 3.05) is 0 Å². The second-order valence-corrected chi connectivity index (χ2v) is 4.29. The van der Waals surface area contributed by atoms with Crippen molar-refractivity contribution in [1.29, 1.82) is 0 Å². The summed E-state index contributed by atoms with van der Waals surface area (Å²) in [6.07, 6.45) is 3.58. The summed E-state index contributed by atoms with van der Waals surface area (Å²) in [6, 6.07) is 3.10. The molecule has 0 spiro atoms. The maximum Gasteiger partial charge on any atom is 0.126 e. The minimum atomic E-state index is -0.223. The number of aromatic nitrogens is 2. The Morgan fingerprint density at radius 2 is 2.06 bits per heavy atom. The Balaban J connectivity index is 2.68. The lowest BCUT2D eigenvalue weighted by Crippen LogP contribution is -2.11. The maximum atomic E-state index is 13.6. The Hall–Kier alpha value is -1.68. The van der Waals surface area contributed by atoms with Crippen molar-refractivity contribution in [2.24, 2.45) is 5.73 Å². The van der Waals surface area contributed by atoms with Crippen molar-refractivity contribution in [1.82, 2.24) is 9.55 Å². The molecule has 1 aromatic carbocycles. The zero-order valence-electron chi connectivity index (χ0n) is 10.2. The Morgan fingerprint density at radius 1 is 1.35 bits per heavy atom. The van der Waals surface area contributed by atoms with Crippen LogP contribution in [0.15, 0.2) is 24.5 Å². The number of nitrogens with two attached hydrogens (primary N) is 1. The fraction of sp³-hybridized carbons (Fsp3) is 0.308. The molecule has 0 saturated carbocycles. The molecule has 2 N–H and O–H groups in total. The van der Waals surface area contributed by atoms with E-state index < -0.39 is 0 Å². The van der Waals surface area contributed by atoms with Gasteiger partial charge in [0.1, 0.15) is 11.6 Å². The summed E-state index contributed by atoms with van der Waals surface area (Å²) in [4.78, 5) is 4.17. The highest BCUT2D eigenvalue weighted by Crippen LogP contribution is 2.24. The molecule has 1 aromatic heterocycles. The van der Waals surface area contributed by atoms with Crippen LogP contribution >= 0.6 is 0 Å². The number of benzene rings is 1. The summed E-state index contributed by atoms with van der Waals surface area (Å²) in [5.74, 6) is 0.636. The van der Waals surface area contributed by atoms with Gasteiger partial charge in [0, 0.05) is 18.4 Å². The van der Waals surface area contributed by atoms with E-state index in [0.29, 0.717) is 5.56 Å². The monoisotopic (exact) mass is 233 g/mol. The second kappa shape index (κ2) is 4.30. The van der Waals surface area contributed by atoms with Crippen LogP contribution in [0.25, 0.3) is 5.69 Å². The molecule has 0 radical (unpaired) electrons. The highest BCUT2D eigenvalue weighted by Gasteiger charge is 2.13. The smallest absolute Gasteiger partial charge is 0.126 e. The van der Waals surface area contributed by atoms with E-state index in [2.05, 4.69) is 4.98 Å². The van der Waals surface area contributed by atoms with Crippen molar-refractivity contribution in [3.63, 3.8) is 0 Å². The van der Waals surface area contributed by atoms with Crippen LogP contribution in [0.4, 0.5) is 4.39 Å². The van der Waals surface area contributed by atoms with Crippen LogP contribution in [0.3, 0.4) is 0 Å². The molecule has 0 fully saturated rings. The van der Waals surface area contributed by atoms with E-state index in [1.807, 2.05) is 30.7 Å². The van der Waals surface area contributed by atoms with Crippen LogP contribution in [0.1, 0.15) is 29.9 Å². The fourth-order valence-electron chi connectivity index (χ4n) is 1.89. The Labute approximate surface area is 100 Å². The Kier molecular flexibility index (Phi) is 2.98. The molecule has 1 atom stereocenters. The van der Waals surface area contributed by atoms with Crippen molar-refractivity contribution in [3.05, 3.63) is 47.3 Å². The van der Waals surface area contributed by atoms with E-state index >= 15 is 0 Å². The van der Waals surface area contributed by atoms with E-state index in [0.717, 1.165) is 17.1 Å². The normalized spacial score (nSPS) is 12.8. The maximum absolute atomic E-state index is 13.6. The van der Waals surface area contributed by atoms with Gasteiger partial charge in [-0.25, -0.2) is 9.37 Å². The minimum Gasteiger partial charge on any atom is -0.324 e. The number of nitrogens with zero attached hydrogens (tertiary/aromatic N) is 2. The molecule has 0 unspecified atom stereocenters. The van der Waals surface area contributed by atoms with Gasteiger partial charge in [-0.15, -0.1) is 0 Å². The molecule has 2 rings (SSSR count). The number of aryl methyl sites for hydroxylation is 2. The summed E-state index contributed by atoms with van der Waals surface area (Å²) >= 11 is 0. The van der Waals surface area contributed by atoms with Crippen molar-refractivity contribution >= 4 is 0 Å². The lowest BCUT2D eigenvalue weighted by Gasteiger charge is -2.16. The van der Waals surface area contributed by atoms with E-state index in [1.54, 1.807) is 13.1 Å². The average Bonchev–Trinajstić information content (AvgIpc) is 2.67. The van der Waals surface area contributed by atoms with Gasteiger partial charge in [0.2, 0.25) is 0 Å². The zero-order valence-corrected chi connectivity index (χ0v) is 10.2. The first-order chi connectivity index (χ1) is 8.00. The van der Waals surface area contributed by atoms with E-state index in [4.69, 9.17) is 5.73 Å². The average molecular weight is 233 g/mol. The van der Waals surface area contributed by atoms with Gasteiger partial charge in [0.15, 0.2) is 0 Å². The quantitative estimate of drug-likeness (QED) is 0.866. The van der Waals surface area contributed by atoms with Crippen LogP contribution in [-0.4, -0.2) is 9.55 Å². The number of hydrogen-bond acceptors (Lipinski definition) is 2. The molecular weight excluding hydrogens is 217 g/mol. The van der Waals surface area contributed by atoms with Crippen LogP contribution in [0, 0.1) is 19.7 Å². The summed E-state index contributed by atoms with van der Waals surface area (Å²) in [5, 5.41) is 0. The first-order valence-corrected chi connectivity index (χ1v) is 5.56. The molecule has 4 heteroatoms. The van der Waals surface area contributed by atoms with Gasteiger partial charge in [-0.3, -0.25) is 0 Å². The van der Waals surface area contributed by atoms with Gasteiger partial charge in [-0.2, -0.15) is 0 Å². The van der Waals surface area contributed by atoms with Crippen molar-refractivity contribution in [3.8, 4) is 5.69 Å². The first kappa shape index (κ1) is 11.8. The molecule has 0 aliphatic rings. The van der Waals surface area contributed by atoms with Crippen LogP contribution in [0.2, 0.25) is 0 Å². The van der Waals surface area contributed by atoms with E-state index in [1.165, 1.54) is 6.07 Å². The Morgan fingerprint density at radius 3 is 2.59 bits per heavy atom. The first-order valence-electron chi connectivity index (χ1n) is 5.56. The SMILES string of the molecule is Cc1cc(-n2ccnc2C)c([C@@H](C)N)cc1F. The highest BCUT2D eigenvalue weighted by molar-refractivity contribution is 5.46. The number of hydrogen-bond donors (Lipinski definition) is 1. The van der Waals surface area contributed by atoms with Gasteiger partial charge in [-0.1, -0.05) is 0 Å². The van der Waals surface area contributed by atoms with Gasteiger partial charge in [0.05, 0.1) is 5.69 Å². The van der Waals surface area contributed by atoms with Gasteiger partial charge in [0.25, 0.3) is 0 Å². The largest absolute Gasteiger partial charge is 0.324 e. The molecule has 3 nitrogen and oxygen atoms in total. The molecule has 90 valence electrons. The molecule has 0 amide bonds. The second-order valence-electron chi connectivity index (χ2n) is 4.29. The molecule has 0 bridgehead atoms. The predicted octanol–water partition coefficient (Wildman–Crippen LogP) is 2.65. The predicted molar refractivity (Wildman–Crippen MR) is 65.6 cm³/mol. The molecule has 0 saturated heterocycles.